The molecule has 5 heteroatoms. The molecule has 26 heavy (non-hydrogen) atoms. The molecule has 2 saturated carbocycles. The topological polar surface area (TPSA) is 54.9 Å². The highest BCUT2D eigenvalue weighted by Gasteiger charge is 2.46. The van der Waals surface area contributed by atoms with Gasteiger partial charge in [-0.05, 0) is 43.6 Å². The molecule has 1 aromatic carbocycles. The fourth-order valence-corrected chi connectivity index (χ4v) is 4.03. The van der Waals surface area contributed by atoms with Crippen molar-refractivity contribution >= 4 is 5.96 Å². The van der Waals surface area contributed by atoms with Crippen LogP contribution in [0.4, 0.5) is 0 Å². The quantitative estimate of drug-likeness (QED) is 0.525. The second-order valence-corrected chi connectivity index (χ2v) is 7.86. The number of aliphatic imine (C=N–C) groups is 1. The highest BCUT2D eigenvalue weighted by molar-refractivity contribution is 5.80. The highest BCUT2D eigenvalue weighted by atomic mass is 16.5. The van der Waals surface area contributed by atoms with Crippen LogP contribution in [0.1, 0.15) is 44.1 Å². The van der Waals surface area contributed by atoms with E-state index in [1.54, 1.807) is 14.2 Å². The molecule has 0 heterocycles. The molecule has 0 amide bonds. The molecule has 2 N–H and O–H groups in total. The van der Waals surface area contributed by atoms with Crippen LogP contribution in [0, 0.1) is 5.41 Å². The summed E-state index contributed by atoms with van der Waals surface area (Å²) < 4.78 is 10.9. The van der Waals surface area contributed by atoms with Crippen molar-refractivity contribution in [3.8, 4) is 5.75 Å². The SMILES string of the molecule is CN=C(NCC1(CCOC)CCC1)NCC1(c2ccccc2OC)CC1. The first kappa shape index (κ1) is 19.0. The predicted molar refractivity (Wildman–Crippen MR) is 106 cm³/mol. The first-order valence-corrected chi connectivity index (χ1v) is 9.74. The molecular weight excluding hydrogens is 326 g/mol. The van der Waals surface area contributed by atoms with E-state index >= 15 is 0 Å². The number of nitrogens with zero attached hydrogens (tertiary/aromatic N) is 1. The van der Waals surface area contributed by atoms with Gasteiger partial charge in [-0.15, -0.1) is 0 Å². The van der Waals surface area contributed by atoms with Crippen molar-refractivity contribution in [3.63, 3.8) is 0 Å². The van der Waals surface area contributed by atoms with Crippen molar-refractivity contribution in [2.24, 2.45) is 10.4 Å². The van der Waals surface area contributed by atoms with Gasteiger partial charge in [0.15, 0.2) is 5.96 Å². The lowest BCUT2D eigenvalue weighted by Gasteiger charge is -2.42. The van der Waals surface area contributed by atoms with Crippen LogP contribution < -0.4 is 15.4 Å². The van der Waals surface area contributed by atoms with E-state index in [1.165, 1.54) is 37.7 Å². The van der Waals surface area contributed by atoms with E-state index in [2.05, 4.69) is 33.8 Å². The van der Waals surface area contributed by atoms with Crippen molar-refractivity contribution in [2.75, 3.05) is 41.0 Å². The van der Waals surface area contributed by atoms with Crippen LogP contribution in [0.25, 0.3) is 0 Å². The second-order valence-electron chi connectivity index (χ2n) is 7.86. The minimum Gasteiger partial charge on any atom is -0.496 e. The minimum atomic E-state index is 0.175. The van der Waals surface area contributed by atoms with E-state index in [1.807, 2.05) is 13.1 Å². The first-order chi connectivity index (χ1) is 12.7. The van der Waals surface area contributed by atoms with Gasteiger partial charge in [0, 0.05) is 44.8 Å². The Hall–Kier alpha value is -1.75. The third-order valence-corrected chi connectivity index (χ3v) is 6.23. The van der Waals surface area contributed by atoms with Gasteiger partial charge < -0.3 is 20.1 Å². The molecule has 2 aliphatic rings. The minimum absolute atomic E-state index is 0.175. The summed E-state index contributed by atoms with van der Waals surface area (Å²) in [6, 6.07) is 8.38. The van der Waals surface area contributed by atoms with E-state index in [9.17, 15) is 0 Å². The summed E-state index contributed by atoms with van der Waals surface area (Å²) in [6.45, 7) is 2.69. The maximum absolute atomic E-state index is 5.57. The molecular formula is C21H33N3O2. The average Bonchev–Trinajstić information content (AvgIpc) is 3.44. The van der Waals surface area contributed by atoms with Gasteiger partial charge in [0.25, 0.3) is 0 Å². The Kier molecular flexibility index (Phi) is 6.07. The first-order valence-electron chi connectivity index (χ1n) is 9.74. The van der Waals surface area contributed by atoms with Crippen LogP contribution in [0.3, 0.4) is 0 Å². The Morgan fingerprint density at radius 2 is 1.81 bits per heavy atom. The van der Waals surface area contributed by atoms with Gasteiger partial charge in [0.2, 0.25) is 0 Å². The second kappa shape index (κ2) is 8.30. The Morgan fingerprint density at radius 1 is 1.08 bits per heavy atom. The van der Waals surface area contributed by atoms with E-state index in [0.717, 1.165) is 37.8 Å². The lowest BCUT2D eigenvalue weighted by Crippen LogP contribution is -2.48. The summed E-state index contributed by atoms with van der Waals surface area (Å²) in [7, 11) is 5.38. The van der Waals surface area contributed by atoms with E-state index in [0.29, 0.717) is 5.41 Å². The normalized spacial score (nSPS) is 20.2. The molecule has 0 radical (unpaired) electrons. The van der Waals surface area contributed by atoms with Gasteiger partial charge in [-0.2, -0.15) is 0 Å². The van der Waals surface area contributed by atoms with Crippen molar-refractivity contribution in [2.45, 2.75) is 43.9 Å². The molecule has 2 fully saturated rings. The summed E-state index contributed by atoms with van der Waals surface area (Å²) in [6.07, 6.45) is 7.40. The smallest absolute Gasteiger partial charge is 0.191 e. The molecule has 0 unspecified atom stereocenters. The summed E-state index contributed by atoms with van der Waals surface area (Å²) in [5.74, 6) is 1.89. The molecule has 0 saturated heterocycles. The fraction of sp³-hybridized carbons (Fsp3) is 0.667. The largest absolute Gasteiger partial charge is 0.496 e. The number of ether oxygens (including phenoxy) is 2. The van der Waals surface area contributed by atoms with Crippen LogP contribution >= 0.6 is 0 Å². The van der Waals surface area contributed by atoms with Crippen molar-refractivity contribution in [1.82, 2.24) is 10.6 Å². The molecule has 144 valence electrons. The maximum Gasteiger partial charge on any atom is 0.191 e. The Bertz CT molecular complexity index is 621. The van der Waals surface area contributed by atoms with Crippen LogP contribution in [0.15, 0.2) is 29.3 Å². The van der Waals surface area contributed by atoms with Crippen LogP contribution in [0.2, 0.25) is 0 Å². The third kappa shape index (κ3) is 4.14. The third-order valence-electron chi connectivity index (χ3n) is 6.23. The van der Waals surface area contributed by atoms with Gasteiger partial charge in [0.1, 0.15) is 5.75 Å². The lowest BCUT2D eigenvalue weighted by molar-refractivity contribution is 0.0732. The molecule has 0 atom stereocenters. The van der Waals surface area contributed by atoms with Crippen molar-refractivity contribution < 1.29 is 9.47 Å². The van der Waals surface area contributed by atoms with Gasteiger partial charge in [-0.1, -0.05) is 24.6 Å². The van der Waals surface area contributed by atoms with Crippen molar-refractivity contribution in [3.05, 3.63) is 29.8 Å². The number of guanidine groups is 1. The van der Waals surface area contributed by atoms with Gasteiger partial charge in [0.05, 0.1) is 7.11 Å². The zero-order valence-corrected chi connectivity index (χ0v) is 16.4. The summed E-state index contributed by atoms with van der Waals surface area (Å²) in [4.78, 5) is 4.43. The number of para-hydroxylation sites is 1. The molecule has 3 rings (SSSR count). The molecule has 5 nitrogen and oxygen atoms in total. The highest BCUT2D eigenvalue weighted by Crippen LogP contribution is 2.50. The van der Waals surface area contributed by atoms with E-state index < -0.39 is 0 Å². The Balaban J connectivity index is 1.54. The predicted octanol–water partition coefficient (Wildman–Crippen LogP) is 3.10. The van der Waals surface area contributed by atoms with Crippen LogP contribution in [0.5, 0.6) is 5.75 Å². The van der Waals surface area contributed by atoms with Crippen LogP contribution in [-0.2, 0) is 10.2 Å². The molecule has 2 aliphatic carbocycles. The summed E-state index contributed by atoms with van der Waals surface area (Å²) in [5.41, 5.74) is 1.86. The van der Waals surface area contributed by atoms with Gasteiger partial charge in [-0.25, -0.2) is 0 Å². The van der Waals surface area contributed by atoms with Crippen molar-refractivity contribution in [1.29, 1.82) is 0 Å². The van der Waals surface area contributed by atoms with Gasteiger partial charge in [-0.3, -0.25) is 4.99 Å². The zero-order valence-electron chi connectivity index (χ0n) is 16.4. The fourth-order valence-electron chi connectivity index (χ4n) is 4.03. The molecule has 1 aromatic rings. The number of hydrogen-bond acceptors (Lipinski definition) is 3. The number of nitrogens with one attached hydrogen (secondary N) is 2. The Labute approximate surface area is 157 Å². The summed E-state index contributed by atoms with van der Waals surface area (Å²) in [5, 5.41) is 7.10. The number of hydrogen-bond donors (Lipinski definition) is 2. The average molecular weight is 360 g/mol. The number of rotatable bonds is 9. The Morgan fingerprint density at radius 3 is 2.38 bits per heavy atom. The lowest BCUT2D eigenvalue weighted by atomic mass is 9.67. The van der Waals surface area contributed by atoms with Crippen LogP contribution in [-0.4, -0.2) is 46.9 Å². The molecule has 0 bridgehead atoms. The monoisotopic (exact) mass is 359 g/mol. The van der Waals surface area contributed by atoms with E-state index in [4.69, 9.17) is 9.47 Å². The zero-order chi connectivity index (χ0) is 18.5. The van der Waals surface area contributed by atoms with Gasteiger partial charge >= 0.3 is 0 Å². The number of benzene rings is 1. The maximum atomic E-state index is 5.57. The standard InChI is InChI=1S/C21H33N3O2/c1-22-19(23-15-20(9-6-10-20)13-14-25-2)24-16-21(11-12-21)17-7-4-5-8-18(17)26-3/h4-5,7-8H,6,9-16H2,1-3H3,(H2,22,23,24). The van der Waals surface area contributed by atoms with E-state index in [-0.39, 0.29) is 5.41 Å². The molecule has 0 spiro atoms. The summed E-state index contributed by atoms with van der Waals surface area (Å²) >= 11 is 0. The number of methoxy groups -OCH3 is 2. The molecule has 0 aliphatic heterocycles. The molecule has 0 aromatic heterocycles.